The van der Waals surface area contributed by atoms with Gasteiger partial charge in [0.1, 0.15) is 0 Å². The van der Waals surface area contributed by atoms with Crippen LogP contribution >= 0.6 is 0 Å². The van der Waals surface area contributed by atoms with Gasteiger partial charge in [0.05, 0.1) is 17.2 Å². The number of nitrogens with two attached hydrogens (primary N) is 1. The zero-order chi connectivity index (χ0) is 12.7. The Morgan fingerprint density at radius 1 is 1.24 bits per heavy atom. The van der Waals surface area contributed by atoms with E-state index >= 15 is 0 Å². The van der Waals surface area contributed by atoms with Crippen molar-refractivity contribution in [2.24, 2.45) is 10.8 Å². The number of rotatable bonds is 1. The van der Waals surface area contributed by atoms with Crippen molar-refractivity contribution < 1.29 is 4.74 Å². The van der Waals surface area contributed by atoms with Gasteiger partial charge in [-0.2, -0.15) is 0 Å². The molecule has 1 saturated heterocycles. The number of hydrazine groups is 1. The summed E-state index contributed by atoms with van der Waals surface area (Å²) >= 11 is 0. The molecule has 2 aliphatic rings. The molecule has 2 fully saturated rings. The summed E-state index contributed by atoms with van der Waals surface area (Å²) in [4.78, 5) is 6.81. The molecule has 3 N–H and O–H groups in total. The summed E-state index contributed by atoms with van der Waals surface area (Å²) in [6.45, 7) is 10.0. The van der Waals surface area contributed by atoms with Crippen molar-refractivity contribution in [3.63, 3.8) is 0 Å². The largest absolute Gasteiger partial charge is 0.366 e. The van der Waals surface area contributed by atoms with E-state index in [1.165, 1.54) is 12.8 Å². The minimum atomic E-state index is -0.178. The summed E-state index contributed by atoms with van der Waals surface area (Å²) in [5, 5.41) is 0. The summed E-state index contributed by atoms with van der Waals surface area (Å²) in [7, 11) is 0. The number of hydrogen-bond donors (Lipinski definition) is 2. The van der Waals surface area contributed by atoms with Crippen LogP contribution in [0.1, 0.15) is 40.5 Å². The highest BCUT2D eigenvalue weighted by atomic mass is 16.5. The highest BCUT2D eigenvalue weighted by molar-refractivity contribution is 5.80. The van der Waals surface area contributed by atoms with Crippen LogP contribution < -0.4 is 11.3 Å². The van der Waals surface area contributed by atoms with Gasteiger partial charge in [-0.25, -0.2) is 10.8 Å². The minimum absolute atomic E-state index is 0.178. The Morgan fingerprint density at radius 3 is 2.18 bits per heavy atom. The molecule has 0 radical (unpaired) electrons. The van der Waals surface area contributed by atoms with Crippen LogP contribution in [-0.2, 0) is 4.74 Å². The molecule has 5 heteroatoms. The van der Waals surface area contributed by atoms with E-state index in [0.29, 0.717) is 6.04 Å². The van der Waals surface area contributed by atoms with Crippen molar-refractivity contribution in [3.8, 4) is 0 Å². The Balaban J connectivity index is 2.13. The Labute approximate surface area is 103 Å². The van der Waals surface area contributed by atoms with E-state index in [4.69, 9.17) is 10.6 Å². The molecule has 1 saturated carbocycles. The lowest BCUT2D eigenvalue weighted by Gasteiger charge is -2.47. The summed E-state index contributed by atoms with van der Waals surface area (Å²) < 4.78 is 6.04. The van der Waals surface area contributed by atoms with E-state index in [0.717, 1.165) is 19.0 Å². The SMILES string of the molecule is CC1(C)CN(C(=NC2CC2)NN)CC(C)(C)O1. The second kappa shape index (κ2) is 4.14. The number of ether oxygens (including phenoxy) is 1. The topological polar surface area (TPSA) is 62.9 Å². The molecule has 0 aromatic carbocycles. The Morgan fingerprint density at radius 2 is 1.76 bits per heavy atom. The number of aliphatic imine (C=N–C) groups is 1. The summed E-state index contributed by atoms with van der Waals surface area (Å²) in [6, 6.07) is 0.468. The zero-order valence-corrected chi connectivity index (χ0v) is 11.3. The highest BCUT2D eigenvalue weighted by Crippen LogP contribution is 2.29. The maximum absolute atomic E-state index is 6.04. The molecule has 0 unspecified atom stereocenters. The van der Waals surface area contributed by atoms with Gasteiger partial charge in [0.15, 0.2) is 0 Å². The van der Waals surface area contributed by atoms with Gasteiger partial charge in [-0.3, -0.25) is 5.43 Å². The predicted molar refractivity (Wildman–Crippen MR) is 68.6 cm³/mol. The van der Waals surface area contributed by atoms with E-state index < -0.39 is 0 Å². The molecule has 2 rings (SSSR count). The lowest BCUT2D eigenvalue weighted by atomic mass is 9.99. The fraction of sp³-hybridized carbons (Fsp3) is 0.917. The van der Waals surface area contributed by atoms with E-state index in [2.05, 4.69) is 43.0 Å². The van der Waals surface area contributed by atoms with E-state index in [-0.39, 0.29) is 11.2 Å². The fourth-order valence-corrected chi connectivity index (χ4v) is 2.52. The standard InChI is InChI=1S/C12H24N4O/c1-11(2)7-16(8-12(3,4)17-11)10(15-13)14-9-5-6-9/h9H,5-8,13H2,1-4H3,(H,14,15). The van der Waals surface area contributed by atoms with Crippen LogP contribution in [0, 0.1) is 0 Å². The third-order valence-corrected chi connectivity index (χ3v) is 2.98. The first-order chi connectivity index (χ1) is 7.81. The number of hydrogen-bond acceptors (Lipinski definition) is 3. The van der Waals surface area contributed by atoms with Gasteiger partial charge >= 0.3 is 0 Å². The van der Waals surface area contributed by atoms with Crippen molar-refractivity contribution in [1.29, 1.82) is 0 Å². The van der Waals surface area contributed by atoms with Crippen molar-refractivity contribution >= 4 is 5.96 Å². The van der Waals surface area contributed by atoms with Crippen molar-refractivity contribution in [3.05, 3.63) is 0 Å². The van der Waals surface area contributed by atoms with Crippen LogP contribution in [0.15, 0.2) is 4.99 Å². The van der Waals surface area contributed by atoms with Crippen LogP contribution in [-0.4, -0.2) is 41.2 Å². The first kappa shape index (κ1) is 12.6. The molecule has 98 valence electrons. The lowest BCUT2D eigenvalue weighted by Crippen LogP contribution is -2.61. The maximum Gasteiger partial charge on any atom is 0.208 e. The van der Waals surface area contributed by atoms with E-state index in [1.54, 1.807) is 0 Å². The van der Waals surface area contributed by atoms with Crippen molar-refractivity contribution in [2.75, 3.05) is 13.1 Å². The minimum Gasteiger partial charge on any atom is -0.366 e. The van der Waals surface area contributed by atoms with Gasteiger partial charge < -0.3 is 9.64 Å². The molecular weight excluding hydrogens is 216 g/mol. The maximum atomic E-state index is 6.04. The summed E-state index contributed by atoms with van der Waals surface area (Å²) in [5.41, 5.74) is 2.38. The lowest BCUT2D eigenvalue weighted by molar-refractivity contribution is -0.167. The number of morpholine rings is 1. The van der Waals surface area contributed by atoms with Gasteiger partial charge in [0.2, 0.25) is 5.96 Å². The van der Waals surface area contributed by atoms with Gasteiger partial charge in [-0.15, -0.1) is 0 Å². The first-order valence-electron chi connectivity index (χ1n) is 6.31. The van der Waals surface area contributed by atoms with Crippen molar-refractivity contribution in [1.82, 2.24) is 10.3 Å². The smallest absolute Gasteiger partial charge is 0.208 e. The van der Waals surface area contributed by atoms with Crippen molar-refractivity contribution in [2.45, 2.75) is 57.8 Å². The Kier molecular flexibility index (Phi) is 3.08. The average Bonchev–Trinajstić information content (AvgIpc) is 2.92. The molecule has 5 nitrogen and oxygen atoms in total. The zero-order valence-electron chi connectivity index (χ0n) is 11.3. The molecule has 0 atom stereocenters. The molecule has 0 aromatic heterocycles. The van der Waals surface area contributed by atoms with Crippen LogP contribution in [0.5, 0.6) is 0 Å². The van der Waals surface area contributed by atoms with Gasteiger partial charge in [-0.1, -0.05) is 0 Å². The van der Waals surface area contributed by atoms with Gasteiger partial charge in [-0.05, 0) is 40.5 Å². The number of nitrogens with zero attached hydrogens (tertiary/aromatic N) is 2. The molecule has 1 aliphatic heterocycles. The molecule has 0 amide bonds. The molecule has 1 heterocycles. The van der Waals surface area contributed by atoms with Gasteiger partial charge in [0, 0.05) is 13.1 Å². The molecule has 0 bridgehead atoms. The predicted octanol–water partition coefficient (Wildman–Crippen LogP) is 0.858. The van der Waals surface area contributed by atoms with Crippen LogP contribution in [0.3, 0.4) is 0 Å². The molecule has 0 aromatic rings. The molecule has 0 spiro atoms. The van der Waals surface area contributed by atoms with E-state index in [9.17, 15) is 0 Å². The molecular formula is C12H24N4O. The average molecular weight is 240 g/mol. The number of guanidine groups is 1. The number of nitrogens with one attached hydrogen (secondary N) is 1. The normalized spacial score (nSPS) is 28.1. The second-order valence-electron chi connectivity index (χ2n) is 6.31. The monoisotopic (exact) mass is 240 g/mol. The van der Waals surface area contributed by atoms with E-state index in [1.807, 2.05) is 0 Å². The Bertz CT molecular complexity index is 304. The highest BCUT2D eigenvalue weighted by Gasteiger charge is 2.39. The summed E-state index contributed by atoms with van der Waals surface area (Å²) in [6.07, 6.45) is 2.37. The van der Waals surface area contributed by atoms with Crippen LogP contribution in [0.25, 0.3) is 0 Å². The molecule has 1 aliphatic carbocycles. The fourth-order valence-electron chi connectivity index (χ4n) is 2.52. The second-order valence-corrected chi connectivity index (χ2v) is 6.31. The third kappa shape index (κ3) is 3.33. The van der Waals surface area contributed by atoms with Crippen LogP contribution in [0.2, 0.25) is 0 Å². The quantitative estimate of drug-likeness (QED) is 0.309. The summed E-state index contributed by atoms with van der Waals surface area (Å²) in [5.74, 6) is 6.40. The van der Waals surface area contributed by atoms with Crippen LogP contribution in [0.4, 0.5) is 0 Å². The first-order valence-corrected chi connectivity index (χ1v) is 6.31. The Hall–Kier alpha value is -0.810. The van der Waals surface area contributed by atoms with Gasteiger partial charge in [0.25, 0.3) is 0 Å². The molecule has 17 heavy (non-hydrogen) atoms. The third-order valence-electron chi connectivity index (χ3n) is 2.98.